The zero-order chi connectivity index (χ0) is 12.8. The van der Waals surface area contributed by atoms with E-state index in [4.69, 9.17) is 0 Å². The molecule has 2 nitrogen and oxygen atoms in total. The topological polar surface area (TPSA) is 15.3 Å². The first kappa shape index (κ1) is 15.0. The maximum absolute atomic E-state index is 3.67. The predicted molar refractivity (Wildman–Crippen MR) is 76.4 cm³/mol. The second kappa shape index (κ2) is 7.38. The van der Waals surface area contributed by atoms with Crippen LogP contribution in [0.15, 0.2) is 0 Å². The van der Waals surface area contributed by atoms with E-state index in [1.165, 1.54) is 32.4 Å². The molecule has 0 saturated heterocycles. The average molecular weight is 240 g/mol. The fourth-order valence-electron chi connectivity index (χ4n) is 3.05. The highest BCUT2D eigenvalue weighted by Crippen LogP contribution is 2.27. The monoisotopic (exact) mass is 240 g/mol. The molecule has 0 heterocycles. The Kier molecular flexibility index (Phi) is 6.50. The molecule has 0 amide bonds. The van der Waals surface area contributed by atoms with Crippen LogP contribution in [0.2, 0.25) is 0 Å². The highest BCUT2D eigenvalue weighted by molar-refractivity contribution is 4.85. The lowest BCUT2D eigenvalue weighted by Crippen LogP contribution is -2.43. The van der Waals surface area contributed by atoms with Gasteiger partial charge in [-0.15, -0.1) is 0 Å². The van der Waals surface area contributed by atoms with Gasteiger partial charge in [0.2, 0.25) is 0 Å². The Morgan fingerprint density at radius 2 is 1.88 bits per heavy atom. The fraction of sp³-hybridized carbons (Fsp3) is 1.00. The van der Waals surface area contributed by atoms with E-state index in [9.17, 15) is 0 Å². The maximum Gasteiger partial charge on any atom is 0.0107 e. The molecule has 1 aliphatic carbocycles. The number of hydrogen-bond acceptors (Lipinski definition) is 2. The molecule has 17 heavy (non-hydrogen) atoms. The summed E-state index contributed by atoms with van der Waals surface area (Å²) in [6, 6.07) is 1.45. The molecule has 1 fully saturated rings. The van der Waals surface area contributed by atoms with Crippen LogP contribution in [0.1, 0.15) is 53.9 Å². The standard InChI is InChI=1S/C15H32N2/c1-6-16-15-9-7-8-14(15)11-17(13(4)5)10-12(2)3/h12-16H,6-11H2,1-5H3. The van der Waals surface area contributed by atoms with Crippen molar-refractivity contribution < 1.29 is 0 Å². The van der Waals surface area contributed by atoms with Crippen LogP contribution in [0.5, 0.6) is 0 Å². The Labute approximate surface area is 108 Å². The minimum atomic E-state index is 0.681. The molecule has 0 radical (unpaired) electrons. The summed E-state index contributed by atoms with van der Waals surface area (Å²) in [5.41, 5.74) is 0. The molecular formula is C15H32N2. The highest BCUT2D eigenvalue weighted by Gasteiger charge is 2.28. The molecule has 0 aliphatic heterocycles. The number of nitrogens with zero attached hydrogens (tertiary/aromatic N) is 1. The van der Waals surface area contributed by atoms with Crippen LogP contribution in [-0.4, -0.2) is 36.6 Å². The first-order valence-electron chi connectivity index (χ1n) is 7.52. The summed E-state index contributed by atoms with van der Waals surface area (Å²) in [6.07, 6.45) is 4.21. The van der Waals surface area contributed by atoms with Gasteiger partial charge in [0, 0.05) is 25.2 Å². The lowest BCUT2D eigenvalue weighted by atomic mass is 10.0. The van der Waals surface area contributed by atoms with Crippen molar-refractivity contribution in [3.05, 3.63) is 0 Å². The maximum atomic E-state index is 3.67. The molecule has 1 aliphatic rings. The molecule has 0 spiro atoms. The molecule has 2 atom stereocenters. The van der Waals surface area contributed by atoms with E-state index < -0.39 is 0 Å². The number of rotatable bonds is 7. The molecule has 1 N–H and O–H groups in total. The zero-order valence-corrected chi connectivity index (χ0v) is 12.5. The Balaban J connectivity index is 2.47. The number of hydrogen-bond donors (Lipinski definition) is 1. The van der Waals surface area contributed by atoms with Gasteiger partial charge in [-0.3, -0.25) is 0 Å². The van der Waals surface area contributed by atoms with Crippen molar-refractivity contribution in [3.8, 4) is 0 Å². The highest BCUT2D eigenvalue weighted by atomic mass is 15.2. The second-order valence-corrected chi connectivity index (χ2v) is 6.30. The molecule has 0 bridgehead atoms. The van der Waals surface area contributed by atoms with Gasteiger partial charge in [-0.05, 0) is 45.1 Å². The van der Waals surface area contributed by atoms with Crippen molar-refractivity contribution in [1.29, 1.82) is 0 Å². The van der Waals surface area contributed by atoms with Gasteiger partial charge in [0.25, 0.3) is 0 Å². The van der Waals surface area contributed by atoms with E-state index in [1.54, 1.807) is 0 Å². The van der Waals surface area contributed by atoms with E-state index >= 15 is 0 Å². The quantitative estimate of drug-likeness (QED) is 0.735. The van der Waals surface area contributed by atoms with Gasteiger partial charge in [0.1, 0.15) is 0 Å². The van der Waals surface area contributed by atoms with Gasteiger partial charge in [-0.25, -0.2) is 0 Å². The zero-order valence-electron chi connectivity index (χ0n) is 12.5. The third-order valence-electron chi connectivity index (χ3n) is 3.92. The van der Waals surface area contributed by atoms with E-state index in [-0.39, 0.29) is 0 Å². The molecule has 0 aromatic heterocycles. The van der Waals surface area contributed by atoms with Crippen LogP contribution >= 0.6 is 0 Å². The largest absolute Gasteiger partial charge is 0.314 e. The summed E-state index contributed by atoms with van der Waals surface area (Å²) in [5.74, 6) is 1.65. The van der Waals surface area contributed by atoms with Gasteiger partial charge in [-0.2, -0.15) is 0 Å². The van der Waals surface area contributed by atoms with Crippen LogP contribution in [0.25, 0.3) is 0 Å². The Morgan fingerprint density at radius 3 is 2.41 bits per heavy atom. The molecule has 1 saturated carbocycles. The normalized spacial score (nSPS) is 25.4. The second-order valence-electron chi connectivity index (χ2n) is 6.30. The van der Waals surface area contributed by atoms with Crippen molar-refractivity contribution in [2.24, 2.45) is 11.8 Å². The van der Waals surface area contributed by atoms with Gasteiger partial charge >= 0.3 is 0 Å². The van der Waals surface area contributed by atoms with Crippen molar-refractivity contribution in [1.82, 2.24) is 10.2 Å². The lowest BCUT2D eigenvalue weighted by molar-refractivity contribution is 0.158. The summed E-state index contributed by atoms with van der Waals surface area (Å²) in [5, 5.41) is 3.67. The van der Waals surface area contributed by atoms with E-state index in [0.29, 0.717) is 6.04 Å². The summed E-state index contributed by atoms with van der Waals surface area (Å²) in [4.78, 5) is 2.67. The van der Waals surface area contributed by atoms with Crippen LogP contribution in [0.4, 0.5) is 0 Å². The molecule has 2 heteroatoms. The third kappa shape index (κ3) is 4.97. The summed E-state index contributed by atoms with van der Waals surface area (Å²) < 4.78 is 0. The molecule has 0 aromatic rings. The molecular weight excluding hydrogens is 208 g/mol. The minimum absolute atomic E-state index is 0.681. The summed E-state index contributed by atoms with van der Waals surface area (Å²) in [7, 11) is 0. The summed E-state index contributed by atoms with van der Waals surface area (Å²) in [6.45, 7) is 15.2. The first-order valence-corrected chi connectivity index (χ1v) is 7.52. The smallest absolute Gasteiger partial charge is 0.0107 e. The van der Waals surface area contributed by atoms with Crippen LogP contribution < -0.4 is 5.32 Å². The number of nitrogens with one attached hydrogen (secondary N) is 1. The molecule has 2 unspecified atom stereocenters. The van der Waals surface area contributed by atoms with Crippen LogP contribution in [-0.2, 0) is 0 Å². The van der Waals surface area contributed by atoms with Gasteiger partial charge in [0.05, 0.1) is 0 Å². The Morgan fingerprint density at radius 1 is 1.18 bits per heavy atom. The van der Waals surface area contributed by atoms with E-state index in [1.807, 2.05) is 0 Å². The Bertz CT molecular complexity index is 201. The Hall–Kier alpha value is -0.0800. The first-order chi connectivity index (χ1) is 8.04. The third-order valence-corrected chi connectivity index (χ3v) is 3.92. The van der Waals surface area contributed by atoms with E-state index in [2.05, 4.69) is 44.8 Å². The molecule has 1 rings (SSSR count). The summed E-state index contributed by atoms with van der Waals surface area (Å²) >= 11 is 0. The SMILES string of the molecule is CCNC1CCCC1CN(CC(C)C)C(C)C. The van der Waals surface area contributed by atoms with Crippen molar-refractivity contribution in [3.63, 3.8) is 0 Å². The lowest BCUT2D eigenvalue weighted by Gasteiger charge is -2.33. The molecule has 102 valence electrons. The van der Waals surface area contributed by atoms with Crippen molar-refractivity contribution in [2.45, 2.75) is 66.0 Å². The molecule has 0 aromatic carbocycles. The van der Waals surface area contributed by atoms with Gasteiger partial charge < -0.3 is 10.2 Å². The van der Waals surface area contributed by atoms with Crippen LogP contribution in [0.3, 0.4) is 0 Å². The van der Waals surface area contributed by atoms with Crippen molar-refractivity contribution >= 4 is 0 Å². The van der Waals surface area contributed by atoms with Crippen LogP contribution in [0, 0.1) is 11.8 Å². The minimum Gasteiger partial charge on any atom is -0.314 e. The predicted octanol–water partition coefficient (Wildman–Crippen LogP) is 3.13. The fourth-order valence-corrected chi connectivity index (χ4v) is 3.05. The van der Waals surface area contributed by atoms with Gasteiger partial charge in [0.15, 0.2) is 0 Å². The van der Waals surface area contributed by atoms with Crippen molar-refractivity contribution in [2.75, 3.05) is 19.6 Å². The van der Waals surface area contributed by atoms with E-state index in [0.717, 1.165) is 24.4 Å². The van der Waals surface area contributed by atoms with Gasteiger partial charge in [-0.1, -0.05) is 27.2 Å². The average Bonchev–Trinajstić information content (AvgIpc) is 2.64.